The molecule has 0 unspecified atom stereocenters. The first-order valence-corrected chi connectivity index (χ1v) is 8.29. The second-order valence-electron chi connectivity index (χ2n) is 5.71. The van der Waals surface area contributed by atoms with Crippen molar-refractivity contribution in [2.75, 3.05) is 5.32 Å². The third kappa shape index (κ3) is 4.01. The maximum absolute atomic E-state index is 12.4. The van der Waals surface area contributed by atoms with Crippen LogP contribution in [0.1, 0.15) is 10.5 Å². The van der Waals surface area contributed by atoms with Gasteiger partial charge in [0.25, 0.3) is 5.91 Å². The van der Waals surface area contributed by atoms with Crippen LogP contribution in [0.4, 0.5) is 5.69 Å². The molecular formula is C21H15N3O3. The van der Waals surface area contributed by atoms with E-state index >= 15 is 0 Å². The van der Waals surface area contributed by atoms with E-state index in [0.29, 0.717) is 17.2 Å². The average Bonchev–Trinajstić information content (AvgIpc) is 3.20. The summed E-state index contributed by atoms with van der Waals surface area (Å²) in [4.78, 5) is 16.4. The zero-order chi connectivity index (χ0) is 18.5. The molecule has 6 heteroatoms. The molecule has 4 rings (SSSR count). The number of rotatable bonds is 5. The molecule has 0 radical (unpaired) electrons. The molecule has 4 aromatic rings. The molecule has 1 N–H and O–H groups in total. The molecule has 27 heavy (non-hydrogen) atoms. The van der Waals surface area contributed by atoms with Gasteiger partial charge in [-0.15, -0.1) is 0 Å². The van der Waals surface area contributed by atoms with Crippen LogP contribution in [0.3, 0.4) is 0 Å². The van der Waals surface area contributed by atoms with Crippen LogP contribution in [-0.2, 0) is 0 Å². The molecule has 1 amide bonds. The van der Waals surface area contributed by atoms with Gasteiger partial charge in [-0.2, -0.15) is 0 Å². The number of carbonyl (C=O) groups is 1. The lowest BCUT2D eigenvalue weighted by molar-refractivity contribution is 0.101. The molecule has 2 aromatic carbocycles. The third-order valence-corrected chi connectivity index (χ3v) is 3.78. The number of para-hydroxylation sites is 1. The first kappa shape index (κ1) is 16.5. The minimum Gasteiger partial charge on any atom is -0.457 e. The summed E-state index contributed by atoms with van der Waals surface area (Å²) < 4.78 is 11.0. The smallest absolute Gasteiger partial charge is 0.277 e. The number of carbonyl (C=O) groups excluding carboxylic acids is 1. The predicted octanol–water partition coefficient (Wildman–Crippen LogP) is 4.78. The van der Waals surface area contributed by atoms with Gasteiger partial charge in [-0.25, -0.2) is 0 Å². The first-order chi connectivity index (χ1) is 13.3. The minimum absolute atomic E-state index is 0.191. The van der Waals surface area contributed by atoms with Crippen LogP contribution in [-0.4, -0.2) is 16.0 Å². The number of anilines is 1. The highest BCUT2D eigenvalue weighted by atomic mass is 16.5. The molecule has 0 aliphatic carbocycles. The average molecular weight is 357 g/mol. The van der Waals surface area contributed by atoms with Crippen molar-refractivity contribution >= 4 is 11.6 Å². The van der Waals surface area contributed by atoms with Crippen molar-refractivity contribution in [2.24, 2.45) is 0 Å². The highest BCUT2D eigenvalue weighted by Crippen LogP contribution is 2.24. The molecule has 0 aliphatic heterocycles. The van der Waals surface area contributed by atoms with Crippen LogP contribution >= 0.6 is 0 Å². The zero-order valence-electron chi connectivity index (χ0n) is 14.2. The Balaban J connectivity index is 1.47. The summed E-state index contributed by atoms with van der Waals surface area (Å²) in [6.07, 6.45) is 3.30. The molecule has 0 bridgehead atoms. The van der Waals surface area contributed by atoms with Gasteiger partial charge in [-0.1, -0.05) is 29.4 Å². The number of nitrogens with one attached hydrogen (secondary N) is 1. The van der Waals surface area contributed by atoms with E-state index in [0.717, 1.165) is 11.3 Å². The number of aromatic nitrogens is 2. The standard InChI is InChI=1S/C21H15N3O3/c25-21(19-14-20(27-24-19)15-9-11-22-12-10-15)23-16-5-4-8-18(13-16)26-17-6-2-1-3-7-17/h1-14H,(H,23,25). The van der Waals surface area contributed by atoms with Crippen LogP contribution in [0.15, 0.2) is 89.7 Å². The SMILES string of the molecule is O=C(Nc1cccc(Oc2ccccc2)c1)c1cc(-c2ccncc2)on1. The second-order valence-corrected chi connectivity index (χ2v) is 5.71. The van der Waals surface area contributed by atoms with Crippen molar-refractivity contribution in [1.82, 2.24) is 10.1 Å². The van der Waals surface area contributed by atoms with E-state index in [2.05, 4.69) is 15.5 Å². The first-order valence-electron chi connectivity index (χ1n) is 8.29. The second kappa shape index (κ2) is 7.53. The van der Waals surface area contributed by atoms with E-state index in [1.165, 1.54) is 0 Å². The fraction of sp³-hybridized carbons (Fsp3) is 0. The number of benzene rings is 2. The lowest BCUT2D eigenvalue weighted by Gasteiger charge is -2.08. The number of nitrogens with zero attached hydrogens (tertiary/aromatic N) is 2. The molecule has 2 aromatic heterocycles. The summed E-state index contributed by atoms with van der Waals surface area (Å²) in [5.74, 6) is 1.48. The van der Waals surface area contributed by atoms with Crippen molar-refractivity contribution in [3.05, 3.63) is 90.9 Å². The summed E-state index contributed by atoms with van der Waals surface area (Å²) >= 11 is 0. The van der Waals surface area contributed by atoms with Gasteiger partial charge >= 0.3 is 0 Å². The summed E-state index contributed by atoms with van der Waals surface area (Å²) in [6.45, 7) is 0. The number of pyridine rings is 1. The Hall–Kier alpha value is -3.93. The highest BCUT2D eigenvalue weighted by molar-refractivity contribution is 6.03. The minimum atomic E-state index is -0.365. The molecule has 0 fully saturated rings. The van der Waals surface area contributed by atoms with Gasteiger partial charge in [0, 0.05) is 35.8 Å². The summed E-state index contributed by atoms with van der Waals surface area (Å²) in [5, 5.41) is 6.64. The largest absolute Gasteiger partial charge is 0.457 e. The van der Waals surface area contributed by atoms with Gasteiger partial charge in [-0.3, -0.25) is 9.78 Å². The van der Waals surface area contributed by atoms with Crippen molar-refractivity contribution in [2.45, 2.75) is 0 Å². The lowest BCUT2D eigenvalue weighted by Crippen LogP contribution is -2.12. The zero-order valence-corrected chi connectivity index (χ0v) is 14.2. The topological polar surface area (TPSA) is 77.2 Å². The van der Waals surface area contributed by atoms with Gasteiger partial charge in [0.2, 0.25) is 0 Å². The summed E-state index contributed by atoms with van der Waals surface area (Å²) in [5.41, 5.74) is 1.59. The normalized spacial score (nSPS) is 10.4. The predicted molar refractivity (Wildman–Crippen MR) is 101 cm³/mol. The van der Waals surface area contributed by atoms with Crippen LogP contribution < -0.4 is 10.1 Å². The van der Waals surface area contributed by atoms with E-state index in [1.807, 2.05) is 36.4 Å². The van der Waals surface area contributed by atoms with E-state index in [4.69, 9.17) is 9.26 Å². The Morgan fingerprint density at radius 3 is 2.48 bits per heavy atom. The molecule has 2 heterocycles. The lowest BCUT2D eigenvalue weighted by atomic mass is 10.2. The van der Waals surface area contributed by atoms with Crippen LogP contribution in [0.5, 0.6) is 11.5 Å². The van der Waals surface area contributed by atoms with E-state index in [1.54, 1.807) is 48.8 Å². The van der Waals surface area contributed by atoms with Crippen molar-refractivity contribution in [3.8, 4) is 22.8 Å². The molecule has 132 valence electrons. The molecule has 0 saturated heterocycles. The molecular weight excluding hydrogens is 342 g/mol. The van der Waals surface area contributed by atoms with Gasteiger partial charge in [0.15, 0.2) is 11.5 Å². The van der Waals surface area contributed by atoms with Gasteiger partial charge in [0.05, 0.1) is 0 Å². The fourth-order valence-corrected chi connectivity index (χ4v) is 2.49. The number of ether oxygens (including phenoxy) is 1. The Labute approximate surface area is 155 Å². The Bertz CT molecular complexity index is 1050. The number of amides is 1. The maximum atomic E-state index is 12.4. The van der Waals surface area contributed by atoms with Gasteiger partial charge in [-0.05, 0) is 36.4 Å². The summed E-state index contributed by atoms with van der Waals surface area (Å²) in [6, 6.07) is 21.7. The van der Waals surface area contributed by atoms with Gasteiger partial charge in [0.1, 0.15) is 11.5 Å². The van der Waals surface area contributed by atoms with Crippen LogP contribution in [0, 0.1) is 0 Å². The molecule has 0 atom stereocenters. The highest BCUT2D eigenvalue weighted by Gasteiger charge is 2.14. The van der Waals surface area contributed by atoms with Crippen molar-refractivity contribution in [1.29, 1.82) is 0 Å². The molecule has 0 aliphatic rings. The van der Waals surface area contributed by atoms with Crippen molar-refractivity contribution < 1.29 is 14.1 Å². The Morgan fingerprint density at radius 1 is 0.889 bits per heavy atom. The fourth-order valence-electron chi connectivity index (χ4n) is 2.49. The number of hydrogen-bond acceptors (Lipinski definition) is 5. The molecule has 0 saturated carbocycles. The van der Waals surface area contributed by atoms with E-state index < -0.39 is 0 Å². The molecule has 0 spiro atoms. The van der Waals surface area contributed by atoms with E-state index in [9.17, 15) is 4.79 Å². The maximum Gasteiger partial charge on any atom is 0.277 e. The Morgan fingerprint density at radius 2 is 1.67 bits per heavy atom. The van der Waals surface area contributed by atoms with Crippen molar-refractivity contribution in [3.63, 3.8) is 0 Å². The van der Waals surface area contributed by atoms with Crippen LogP contribution in [0.2, 0.25) is 0 Å². The van der Waals surface area contributed by atoms with E-state index in [-0.39, 0.29) is 11.6 Å². The molecule has 6 nitrogen and oxygen atoms in total. The monoisotopic (exact) mass is 357 g/mol. The van der Waals surface area contributed by atoms with Crippen LogP contribution in [0.25, 0.3) is 11.3 Å². The third-order valence-electron chi connectivity index (χ3n) is 3.78. The Kier molecular flexibility index (Phi) is 4.61. The quantitative estimate of drug-likeness (QED) is 0.556. The van der Waals surface area contributed by atoms with Gasteiger partial charge < -0.3 is 14.6 Å². The summed E-state index contributed by atoms with van der Waals surface area (Å²) in [7, 11) is 0. The number of hydrogen-bond donors (Lipinski definition) is 1.